The van der Waals surface area contributed by atoms with Crippen molar-refractivity contribution in [3.8, 4) is 0 Å². The lowest BCUT2D eigenvalue weighted by atomic mass is 10.1. The van der Waals surface area contributed by atoms with Gasteiger partial charge in [-0.15, -0.1) is 0 Å². The molecule has 21 heavy (non-hydrogen) atoms. The summed E-state index contributed by atoms with van der Waals surface area (Å²) in [6, 6.07) is 3.60. The van der Waals surface area contributed by atoms with E-state index in [-0.39, 0.29) is 6.61 Å². The number of benzene rings is 1. The van der Waals surface area contributed by atoms with E-state index in [0.717, 1.165) is 37.9 Å². The quantitative estimate of drug-likeness (QED) is 0.615. The molecule has 0 bridgehead atoms. The Morgan fingerprint density at radius 3 is 2.48 bits per heavy atom. The molecule has 0 aliphatic heterocycles. The van der Waals surface area contributed by atoms with Crippen LogP contribution < -0.4 is 0 Å². The first kappa shape index (κ1) is 16.2. The van der Waals surface area contributed by atoms with Crippen molar-refractivity contribution < 1.29 is 22.7 Å². The van der Waals surface area contributed by atoms with E-state index in [0.29, 0.717) is 24.6 Å². The first-order valence-electron chi connectivity index (χ1n) is 7.12. The van der Waals surface area contributed by atoms with E-state index in [9.17, 15) is 17.6 Å². The summed E-state index contributed by atoms with van der Waals surface area (Å²) in [7, 11) is 0. The maximum absolute atomic E-state index is 13.3. The van der Waals surface area contributed by atoms with Gasteiger partial charge < -0.3 is 5.11 Å². The minimum Gasteiger partial charge on any atom is -0.396 e. The summed E-state index contributed by atoms with van der Waals surface area (Å²) in [6.45, 7) is 1.25. The van der Waals surface area contributed by atoms with Crippen molar-refractivity contribution in [3.05, 3.63) is 35.1 Å². The van der Waals surface area contributed by atoms with Gasteiger partial charge in [0, 0.05) is 19.2 Å². The fourth-order valence-corrected chi connectivity index (χ4v) is 2.38. The Labute approximate surface area is 121 Å². The van der Waals surface area contributed by atoms with Crippen molar-refractivity contribution in [2.45, 2.75) is 44.4 Å². The smallest absolute Gasteiger partial charge is 0.396 e. The summed E-state index contributed by atoms with van der Waals surface area (Å²) in [5, 5.41) is 8.79. The van der Waals surface area contributed by atoms with Crippen LogP contribution in [0, 0.1) is 5.82 Å². The average molecular weight is 305 g/mol. The van der Waals surface area contributed by atoms with Crippen LogP contribution in [-0.4, -0.2) is 29.2 Å². The topological polar surface area (TPSA) is 23.5 Å². The Morgan fingerprint density at radius 1 is 1.19 bits per heavy atom. The fourth-order valence-electron chi connectivity index (χ4n) is 2.38. The third kappa shape index (κ3) is 4.68. The van der Waals surface area contributed by atoms with Crippen molar-refractivity contribution in [1.29, 1.82) is 0 Å². The van der Waals surface area contributed by atoms with Crippen LogP contribution in [-0.2, 0) is 12.7 Å². The molecule has 118 valence electrons. The molecule has 0 unspecified atom stereocenters. The van der Waals surface area contributed by atoms with E-state index in [1.807, 2.05) is 0 Å². The summed E-state index contributed by atoms with van der Waals surface area (Å²) in [4.78, 5) is 2.11. The zero-order chi connectivity index (χ0) is 15.5. The fraction of sp³-hybridized carbons (Fsp3) is 0.600. The van der Waals surface area contributed by atoms with Crippen molar-refractivity contribution >= 4 is 0 Å². The van der Waals surface area contributed by atoms with Gasteiger partial charge in [0.15, 0.2) is 0 Å². The minimum atomic E-state index is -4.67. The van der Waals surface area contributed by atoms with Gasteiger partial charge in [0.2, 0.25) is 0 Å². The SMILES string of the molecule is OCCCCN(Cc1ccc(F)c(C(F)(F)F)c1)C1CC1. The third-order valence-electron chi connectivity index (χ3n) is 3.64. The number of alkyl halides is 3. The van der Waals surface area contributed by atoms with Crippen LogP contribution in [0.5, 0.6) is 0 Å². The molecule has 2 nitrogen and oxygen atoms in total. The van der Waals surface area contributed by atoms with E-state index >= 15 is 0 Å². The number of aliphatic hydroxyl groups is 1. The van der Waals surface area contributed by atoms with Crippen LogP contribution in [0.3, 0.4) is 0 Å². The molecule has 0 radical (unpaired) electrons. The molecule has 1 aromatic rings. The summed E-state index contributed by atoms with van der Waals surface area (Å²) in [5.41, 5.74) is -0.731. The number of hydrogen-bond donors (Lipinski definition) is 1. The number of rotatable bonds is 7. The molecule has 0 saturated heterocycles. The molecule has 0 atom stereocenters. The van der Waals surface area contributed by atoms with Crippen LogP contribution in [0.4, 0.5) is 17.6 Å². The molecule has 1 fully saturated rings. The lowest BCUT2D eigenvalue weighted by Crippen LogP contribution is -2.27. The summed E-state index contributed by atoms with van der Waals surface area (Å²) < 4.78 is 51.4. The van der Waals surface area contributed by atoms with Gasteiger partial charge in [-0.2, -0.15) is 13.2 Å². The van der Waals surface area contributed by atoms with E-state index < -0.39 is 17.6 Å². The predicted molar refractivity (Wildman–Crippen MR) is 71.2 cm³/mol. The van der Waals surface area contributed by atoms with Gasteiger partial charge in [-0.05, 0) is 49.9 Å². The van der Waals surface area contributed by atoms with Gasteiger partial charge in [-0.1, -0.05) is 6.07 Å². The Bertz CT molecular complexity index is 471. The molecular weight excluding hydrogens is 286 g/mol. The van der Waals surface area contributed by atoms with Crippen LogP contribution in [0.25, 0.3) is 0 Å². The van der Waals surface area contributed by atoms with E-state index in [4.69, 9.17) is 5.11 Å². The molecular formula is C15H19F4NO. The normalized spacial score (nSPS) is 15.7. The second-order valence-electron chi connectivity index (χ2n) is 5.44. The van der Waals surface area contributed by atoms with Crippen LogP contribution >= 0.6 is 0 Å². The maximum Gasteiger partial charge on any atom is 0.419 e. The maximum atomic E-state index is 13.3. The number of hydrogen-bond acceptors (Lipinski definition) is 2. The highest BCUT2D eigenvalue weighted by Gasteiger charge is 2.35. The zero-order valence-electron chi connectivity index (χ0n) is 11.7. The Hall–Kier alpha value is -1.14. The molecule has 0 spiro atoms. The average Bonchev–Trinajstić information content (AvgIpc) is 3.23. The molecule has 0 amide bonds. The Kier molecular flexibility index (Phi) is 5.22. The number of aliphatic hydroxyl groups excluding tert-OH is 1. The van der Waals surface area contributed by atoms with Crippen LogP contribution in [0.1, 0.15) is 36.8 Å². The first-order valence-corrected chi connectivity index (χ1v) is 7.12. The molecule has 2 rings (SSSR count). The third-order valence-corrected chi connectivity index (χ3v) is 3.64. The molecule has 6 heteroatoms. The number of halogens is 4. The molecule has 0 heterocycles. The molecule has 1 saturated carbocycles. The molecule has 1 aliphatic carbocycles. The highest BCUT2D eigenvalue weighted by atomic mass is 19.4. The second-order valence-corrected chi connectivity index (χ2v) is 5.44. The molecule has 0 aromatic heterocycles. The van der Waals surface area contributed by atoms with E-state index in [1.54, 1.807) is 0 Å². The lowest BCUT2D eigenvalue weighted by molar-refractivity contribution is -0.140. The zero-order valence-corrected chi connectivity index (χ0v) is 11.7. The molecule has 1 aliphatic rings. The predicted octanol–water partition coefficient (Wildman–Crippen LogP) is 3.58. The van der Waals surface area contributed by atoms with Gasteiger partial charge in [0.1, 0.15) is 5.82 Å². The summed E-state index contributed by atoms with van der Waals surface area (Å²) >= 11 is 0. The van der Waals surface area contributed by atoms with Gasteiger partial charge in [-0.3, -0.25) is 4.90 Å². The number of unbranched alkanes of at least 4 members (excludes halogenated alkanes) is 1. The Morgan fingerprint density at radius 2 is 1.90 bits per heavy atom. The monoisotopic (exact) mass is 305 g/mol. The minimum absolute atomic E-state index is 0.118. The van der Waals surface area contributed by atoms with Gasteiger partial charge >= 0.3 is 6.18 Å². The molecule has 1 N–H and O–H groups in total. The Balaban J connectivity index is 2.06. The highest BCUT2D eigenvalue weighted by molar-refractivity contribution is 5.27. The van der Waals surface area contributed by atoms with E-state index in [2.05, 4.69) is 4.90 Å². The van der Waals surface area contributed by atoms with Gasteiger partial charge in [0.25, 0.3) is 0 Å². The first-order chi connectivity index (χ1) is 9.91. The lowest BCUT2D eigenvalue weighted by Gasteiger charge is -2.22. The summed E-state index contributed by atoms with van der Waals surface area (Å²) in [5.74, 6) is -1.23. The van der Waals surface area contributed by atoms with Gasteiger partial charge in [0.05, 0.1) is 5.56 Å². The molecule has 1 aromatic carbocycles. The van der Waals surface area contributed by atoms with Gasteiger partial charge in [-0.25, -0.2) is 4.39 Å². The van der Waals surface area contributed by atoms with Crippen molar-refractivity contribution in [3.63, 3.8) is 0 Å². The van der Waals surface area contributed by atoms with E-state index in [1.165, 1.54) is 6.07 Å². The standard InChI is InChI=1S/C15H19F4NO/c16-14-6-3-11(9-13(14)15(17,18)19)10-20(12-4-5-12)7-1-2-8-21/h3,6,9,12,21H,1-2,4-5,7-8,10H2. The number of nitrogens with zero attached hydrogens (tertiary/aromatic N) is 1. The van der Waals surface area contributed by atoms with Crippen molar-refractivity contribution in [2.24, 2.45) is 0 Å². The van der Waals surface area contributed by atoms with Crippen molar-refractivity contribution in [1.82, 2.24) is 4.90 Å². The van der Waals surface area contributed by atoms with Crippen LogP contribution in [0.2, 0.25) is 0 Å². The second kappa shape index (κ2) is 6.75. The van der Waals surface area contributed by atoms with Crippen LogP contribution in [0.15, 0.2) is 18.2 Å². The highest BCUT2D eigenvalue weighted by Crippen LogP contribution is 2.33. The van der Waals surface area contributed by atoms with Crippen molar-refractivity contribution in [2.75, 3.05) is 13.2 Å². The largest absolute Gasteiger partial charge is 0.419 e. The summed E-state index contributed by atoms with van der Waals surface area (Å²) in [6.07, 6.45) is -1.08.